The standard InChI is InChI=1S/C18H30N6O3/c1-5-15-19-18(27-21-15)13(3)24-9-7-8-23(10-11-24)12-16-20-17(22-26-16)14(4)25-6-2/h13-14H,5-12H2,1-4H3/t13-,14-/m1/s1. The molecule has 0 aliphatic carbocycles. The molecule has 0 aromatic carbocycles. The third-order valence-electron chi connectivity index (χ3n) is 4.95. The van der Waals surface area contributed by atoms with E-state index >= 15 is 0 Å². The first-order valence-corrected chi connectivity index (χ1v) is 9.83. The second-order valence-electron chi connectivity index (χ2n) is 6.89. The lowest BCUT2D eigenvalue weighted by atomic mass is 10.2. The maximum absolute atomic E-state index is 5.52. The van der Waals surface area contributed by atoms with Crippen LogP contribution in [0, 0.1) is 0 Å². The highest BCUT2D eigenvalue weighted by atomic mass is 16.5. The lowest BCUT2D eigenvalue weighted by Gasteiger charge is -2.24. The minimum Gasteiger partial charge on any atom is -0.371 e. The quantitative estimate of drug-likeness (QED) is 0.686. The monoisotopic (exact) mass is 378 g/mol. The summed E-state index contributed by atoms with van der Waals surface area (Å²) in [6.45, 7) is 13.2. The Kier molecular flexibility index (Phi) is 6.92. The van der Waals surface area contributed by atoms with E-state index < -0.39 is 0 Å². The van der Waals surface area contributed by atoms with Gasteiger partial charge in [-0.05, 0) is 33.7 Å². The van der Waals surface area contributed by atoms with Crippen molar-refractivity contribution >= 4 is 0 Å². The highest BCUT2D eigenvalue weighted by Gasteiger charge is 2.25. The van der Waals surface area contributed by atoms with Crippen LogP contribution in [-0.2, 0) is 17.7 Å². The van der Waals surface area contributed by atoms with Crippen LogP contribution in [0.5, 0.6) is 0 Å². The Labute approximate surface area is 160 Å². The summed E-state index contributed by atoms with van der Waals surface area (Å²) in [5, 5.41) is 8.05. The van der Waals surface area contributed by atoms with Gasteiger partial charge in [0, 0.05) is 32.7 Å². The Morgan fingerprint density at radius 2 is 1.89 bits per heavy atom. The van der Waals surface area contributed by atoms with Crippen LogP contribution in [0.2, 0.25) is 0 Å². The second kappa shape index (κ2) is 9.38. The molecular weight excluding hydrogens is 348 g/mol. The van der Waals surface area contributed by atoms with Gasteiger partial charge in [0.2, 0.25) is 11.8 Å². The molecule has 27 heavy (non-hydrogen) atoms. The molecule has 3 heterocycles. The van der Waals surface area contributed by atoms with Crippen molar-refractivity contribution in [1.82, 2.24) is 30.1 Å². The molecule has 2 aromatic heterocycles. The van der Waals surface area contributed by atoms with Gasteiger partial charge < -0.3 is 13.8 Å². The third-order valence-corrected chi connectivity index (χ3v) is 4.95. The third kappa shape index (κ3) is 5.12. The number of nitrogens with zero attached hydrogens (tertiary/aromatic N) is 6. The molecule has 1 aliphatic heterocycles. The molecule has 2 aromatic rings. The van der Waals surface area contributed by atoms with Gasteiger partial charge in [-0.3, -0.25) is 9.80 Å². The van der Waals surface area contributed by atoms with Crippen molar-refractivity contribution in [2.24, 2.45) is 0 Å². The second-order valence-corrected chi connectivity index (χ2v) is 6.89. The highest BCUT2D eigenvalue weighted by Crippen LogP contribution is 2.21. The van der Waals surface area contributed by atoms with Crippen molar-refractivity contribution < 1.29 is 13.8 Å². The summed E-state index contributed by atoms with van der Waals surface area (Å²) in [5.41, 5.74) is 0. The number of hydrogen-bond donors (Lipinski definition) is 0. The van der Waals surface area contributed by atoms with E-state index in [1.807, 2.05) is 20.8 Å². The van der Waals surface area contributed by atoms with E-state index in [0.717, 1.165) is 44.8 Å². The molecule has 0 bridgehead atoms. The Balaban J connectivity index is 1.53. The summed E-state index contributed by atoms with van der Waals surface area (Å²) in [7, 11) is 0. The molecular formula is C18H30N6O3. The van der Waals surface area contributed by atoms with Crippen LogP contribution in [-0.4, -0.2) is 62.9 Å². The molecule has 0 unspecified atom stereocenters. The molecule has 9 nitrogen and oxygen atoms in total. The number of ether oxygens (including phenoxy) is 1. The number of hydrogen-bond acceptors (Lipinski definition) is 9. The van der Waals surface area contributed by atoms with E-state index in [1.165, 1.54) is 0 Å². The first kappa shape index (κ1) is 19.9. The fraction of sp³-hybridized carbons (Fsp3) is 0.778. The SMILES string of the molecule is CCO[C@H](C)c1noc(CN2CCCN([C@H](C)c3nc(CC)no3)CC2)n1. The first-order chi connectivity index (χ1) is 13.1. The van der Waals surface area contributed by atoms with Gasteiger partial charge in [-0.25, -0.2) is 0 Å². The zero-order valence-electron chi connectivity index (χ0n) is 16.7. The van der Waals surface area contributed by atoms with Gasteiger partial charge in [0.25, 0.3) is 0 Å². The molecule has 1 saturated heterocycles. The van der Waals surface area contributed by atoms with Crippen LogP contribution in [0.1, 0.15) is 69.7 Å². The zero-order valence-corrected chi connectivity index (χ0v) is 16.7. The van der Waals surface area contributed by atoms with E-state index in [9.17, 15) is 0 Å². The largest absolute Gasteiger partial charge is 0.371 e. The normalized spacial score (nSPS) is 19.1. The topological polar surface area (TPSA) is 93.6 Å². The van der Waals surface area contributed by atoms with Crippen molar-refractivity contribution in [2.75, 3.05) is 32.8 Å². The van der Waals surface area contributed by atoms with Gasteiger partial charge in [-0.15, -0.1) is 0 Å². The molecule has 3 rings (SSSR count). The van der Waals surface area contributed by atoms with Crippen LogP contribution in [0.25, 0.3) is 0 Å². The van der Waals surface area contributed by atoms with Gasteiger partial charge in [0.05, 0.1) is 12.6 Å². The van der Waals surface area contributed by atoms with Crippen molar-refractivity contribution in [3.8, 4) is 0 Å². The number of aromatic nitrogens is 4. The smallest absolute Gasteiger partial charge is 0.243 e. The summed E-state index contributed by atoms with van der Waals surface area (Å²) in [4.78, 5) is 13.7. The lowest BCUT2D eigenvalue weighted by molar-refractivity contribution is 0.0683. The molecule has 150 valence electrons. The minimum absolute atomic E-state index is 0.125. The van der Waals surface area contributed by atoms with Gasteiger partial charge in [0.15, 0.2) is 11.6 Å². The van der Waals surface area contributed by atoms with Crippen molar-refractivity contribution in [1.29, 1.82) is 0 Å². The first-order valence-electron chi connectivity index (χ1n) is 9.83. The van der Waals surface area contributed by atoms with Crippen LogP contribution < -0.4 is 0 Å². The van der Waals surface area contributed by atoms with Crippen molar-refractivity contribution in [2.45, 2.75) is 59.2 Å². The molecule has 0 spiro atoms. The van der Waals surface area contributed by atoms with Crippen LogP contribution in [0.4, 0.5) is 0 Å². The minimum atomic E-state index is -0.143. The fourth-order valence-corrected chi connectivity index (χ4v) is 3.29. The summed E-state index contributed by atoms with van der Waals surface area (Å²) in [5.74, 6) is 2.72. The van der Waals surface area contributed by atoms with Crippen LogP contribution in [0.15, 0.2) is 9.05 Å². The molecule has 0 saturated carbocycles. The Morgan fingerprint density at radius 1 is 1.04 bits per heavy atom. The van der Waals surface area contributed by atoms with Crippen molar-refractivity contribution in [3.63, 3.8) is 0 Å². The summed E-state index contributed by atoms with van der Waals surface area (Å²) < 4.78 is 16.3. The maximum Gasteiger partial charge on any atom is 0.243 e. The molecule has 0 amide bonds. The van der Waals surface area contributed by atoms with E-state index in [0.29, 0.717) is 30.8 Å². The molecule has 0 radical (unpaired) electrons. The molecule has 1 aliphatic rings. The fourth-order valence-electron chi connectivity index (χ4n) is 3.29. The Bertz CT molecular complexity index is 703. The van der Waals surface area contributed by atoms with E-state index in [4.69, 9.17) is 13.8 Å². The van der Waals surface area contributed by atoms with E-state index in [1.54, 1.807) is 0 Å². The Hall–Kier alpha value is -1.84. The lowest BCUT2D eigenvalue weighted by Crippen LogP contribution is -2.32. The summed E-state index contributed by atoms with van der Waals surface area (Å²) in [6, 6.07) is 0.125. The zero-order chi connectivity index (χ0) is 19.2. The summed E-state index contributed by atoms with van der Waals surface area (Å²) in [6.07, 6.45) is 1.71. The molecule has 0 N–H and O–H groups in total. The van der Waals surface area contributed by atoms with E-state index in [-0.39, 0.29) is 12.1 Å². The van der Waals surface area contributed by atoms with Crippen LogP contribution in [0.3, 0.4) is 0 Å². The highest BCUT2D eigenvalue weighted by molar-refractivity contribution is 4.93. The van der Waals surface area contributed by atoms with Crippen LogP contribution >= 0.6 is 0 Å². The number of aryl methyl sites for hydroxylation is 1. The van der Waals surface area contributed by atoms with Gasteiger partial charge in [-0.1, -0.05) is 17.2 Å². The number of rotatable bonds is 8. The maximum atomic E-state index is 5.52. The van der Waals surface area contributed by atoms with Gasteiger partial charge >= 0.3 is 0 Å². The van der Waals surface area contributed by atoms with E-state index in [2.05, 4.69) is 37.0 Å². The molecule has 1 fully saturated rings. The Morgan fingerprint density at radius 3 is 2.63 bits per heavy atom. The van der Waals surface area contributed by atoms with Crippen molar-refractivity contribution in [3.05, 3.63) is 23.4 Å². The average Bonchev–Trinajstić information content (AvgIpc) is 3.27. The average molecular weight is 378 g/mol. The predicted molar refractivity (Wildman–Crippen MR) is 97.9 cm³/mol. The summed E-state index contributed by atoms with van der Waals surface area (Å²) >= 11 is 0. The molecule has 9 heteroatoms. The van der Waals surface area contributed by atoms with Gasteiger partial charge in [0.1, 0.15) is 6.10 Å². The van der Waals surface area contributed by atoms with Gasteiger partial charge in [-0.2, -0.15) is 9.97 Å². The predicted octanol–water partition coefficient (Wildman–Crippen LogP) is 2.38. The molecule has 2 atom stereocenters.